The van der Waals surface area contributed by atoms with Gasteiger partial charge in [-0.05, 0) is 48.4 Å². The predicted octanol–water partition coefficient (Wildman–Crippen LogP) is 4.90. The van der Waals surface area contributed by atoms with Gasteiger partial charge < -0.3 is 10.1 Å². The zero-order valence-corrected chi connectivity index (χ0v) is 19.1. The fourth-order valence-electron chi connectivity index (χ4n) is 3.45. The number of thioether (sulfide) groups is 1. The quantitative estimate of drug-likeness (QED) is 0.546. The van der Waals surface area contributed by atoms with Crippen LogP contribution >= 0.6 is 11.8 Å². The number of carbonyl (C=O) groups excluding carboxylic acids is 2. The molecule has 0 bridgehead atoms. The number of ether oxygens (including phenoxy) is 1. The van der Waals surface area contributed by atoms with Gasteiger partial charge in [0.2, 0.25) is 11.8 Å². The summed E-state index contributed by atoms with van der Waals surface area (Å²) < 4.78 is 5.22. The Labute approximate surface area is 197 Å². The first-order valence-corrected chi connectivity index (χ1v) is 11.6. The van der Waals surface area contributed by atoms with Crippen LogP contribution in [0.1, 0.15) is 12.0 Å². The van der Waals surface area contributed by atoms with Gasteiger partial charge in [0.15, 0.2) is 5.17 Å². The summed E-state index contributed by atoms with van der Waals surface area (Å²) in [6.45, 7) is 0.483. The molecule has 6 nitrogen and oxygen atoms in total. The summed E-state index contributed by atoms with van der Waals surface area (Å²) in [6, 6.07) is 26.5. The lowest BCUT2D eigenvalue weighted by atomic mass is 10.1. The summed E-state index contributed by atoms with van der Waals surface area (Å²) in [5.74, 6) is 0.488. The van der Waals surface area contributed by atoms with Crippen molar-refractivity contribution >= 4 is 40.1 Å². The lowest BCUT2D eigenvalue weighted by Crippen LogP contribution is -2.46. The fourth-order valence-corrected chi connectivity index (χ4v) is 4.58. The lowest BCUT2D eigenvalue weighted by Gasteiger charge is -2.32. The number of amidine groups is 1. The predicted molar refractivity (Wildman–Crippen MR) is 133 cm³/mol. The molecule has 0 saturated carbocycles. The fraction of sp³-hybridized carbons (Fsp3) is 0.192. The SMILES string of the molecule is COc1ccc(CCN2C(=O)C[C@H](C(=O)Nc3ccccc3)SC2=Nc2ccccc2)cc1. The normalized spacial score (nSPS) is 17.1. The van der Waals surface area contributed by atoms with Crippen molar-refractivity contribution < 1.29 is 14.3 Å². The van der Waals surface area contributed by atoms with Crippen molar-refractivity contribution in [1.82, 2.24) is 4.90 Å². The first-order chi connectivity index (χ1) is 16.1. The molecule has 0 aliphatic carbocycles. The molecular formula is C26H25N3O3S. The molecule has 3 aromatic rings. The maximum Gasteiger partial charge on any atom is 0.238 e. The van der Waals surface area contributed by atoms with E-state index in [1.807, 2.05) is 84.9 Å². The number of carbonyl (C=O) groups is 2. The number of anilines is 1. The highest BCUT2D eigenvalue weighted by molar-refractivity contribution is 8.15. The Morgan fingerprint density at radius 2 is 1.70 bits per heavy atom. The van der Waals surface area contributed by atoms with Gasteiger partial charge in [0.05, 0.1) is 12.8 Å². The number of hydrogen-bond acceptors (Lipinski definition) is 5. The van der Waals surface area contributed by atoms with Gasteiger partial charge in [-0.25, -0.2) is 4.99 Å². The first-order valence-electron chi connectivity index (χ1n) is 10.7. The largest absolute Gasteiger partial charge is 0.497 e. The van der Waals surface area contributed by atoms with Gasteiger partial charge in [-0.3, -0.25) is 14.5 Å². The molecule has 1 heterocycles. The highest BCUT2D eigenvalue weighted by Gasteiger charge is 2.35. The molecule has 1 fully saturated rings. The minimum absolute atomic E-state index is 0.106. The van der Waals surface area contributed by atoms with E-state index in [2.05, 4.69) is 5.32 Å². The molecular weight excluding hydrogens is 434 g/mol. The van der Waals surface area contributed by atoms with Crippen molar-refractivity contribution in [3.05, 3.63) is 90.5 Å². The summed E-state index contributed by atoms with van der Waals surface area (Å²) in [6.07, 6.45) is 0.796. The van der Waals surface area contributed by atoms with E-state index in [0.29, 0.717) is 23.8 Å². The van der Waals surface area contributed by atoms with Gasteiger partial charge in [-0.2, -0.15) is 0 Å². The molecule has 0 unspecified atom stereocenters. The third-order valence-corrected chi connectivity index (χ3v) is 6.43. The van der Waals surface area contributed by atoms with Crippen molar-refractivity contribution in [3.63, 3.8) is 0 Å². The monoisotopic (exact) mass is 459 g/mol. The van der Waals surface area contributed by atoms with Crippen LogP contribution in [0.3, 0.4) is 0 Å². The maximum absolute atomic E-state index is 13.1. The molecule has 2 amide bonds. The Hall–Kier alpha value is -3.58. The molecule has 168 valence electrons. The second-order valence-corrected chi connectivity index (χ2v) is 8.71. The number of amides is 2. The molecule has 1 aliphatic heterocycles. The van der Waals surface area contributed by atoms with Gasteiger partial charge >= 0.3 is 0 Å². The number of aliphatic imine (C=N–C) groups is 1. The lowest BCUT2D eigenvalue weighted by molar-refractivity contribution is -0.129. The molecule has 0 spiro atoms. The number of para-hydroxylation sites is 2. The molecule has 33 heavy (non-hydrogen) atoms. The summed E-state index contributed by atoms with van der Waals surface area (Å²) in [4.78, 5) is 32.4. The highest BCUT2D eigenvalue weighted by Crippen LogP contribution is 2.30. The Morgan fingerprint density at radius 3 is 2.36 bits per heavy atom. The molecule has 3 aromatic carbocycles. The van der Waals surface area contributed by atoms with Gasteiger partial charge in [0.1, 0.15) is 11.0 Å². The number of hydrogen-bond donors (Lipinski definition) is 1. The average molecular weight is 460 g/mol. The summed E-state index contributed by atoms with van der Waals surface area (Å²) in [5.41, 5.74) is 2.54. The van der Waals surface area contributed by atoms with Crippen LogP contribution in [0.2, 0.25) is 0 Å². The third kappa shape index (κ3) is 6.02. The number of methoxy groups -OCH3 is 1. The van der Waals surface area contributed by atoms with Crippen LogP contribution in [0.15, 0.2) is 89.9 Å². The van der Waals surface area contributed by atoms with Crippen molar-refractivity contribution in [3.8, 4) is 5.75 Å². The van der Waals surface area contributed by atoms with E-state index in [9.17, 15) is 9.59 Å². The minimum Gasteiger partial charge on any atom is -0.497 e. The molecule has 0 aromatic heterocycles. The standard InChI is InChI=1S/C26H25N3O3S/c1-32-22-14-12-19(13-15-22)16-17-29-24(30)18-23(25(31)27-20-8-4-2-5-9-20)33-26(29)28-21-10-6-3-7-11-21/h2-15,23H,16-18H2,1H3,(H,27,31)/t23-/m1/s1. The topological polar surface area (TPSA) is 71.0 Å². The van der Waals surface area contributed by atoms with Crippen molar-refractivity contribution in [1.29, 1.82) is 0 Å². The third-order valence-electron chi connectivity index (χ3n) is 5.24. The van der Waals surface area contributed by atoms with E-state index >= 15 is 0 Å². The number of benzene rings is 3. The van der Waals surface area contributed by atoms with Crippen LogP contribution in [0.5, 0.6) is 5.75 Å². The molecule has 1 saturated heterocycles. The number of rotatable bonds is 7. The maximum atomic E-state index is 13.1. The highest BCUT2D eigenvalue weighted by atomic mass is 32.2. The van der Waals surface area contributed by atoms with E-state index in [4.69, 9.17) is 9.73 Å². The van der Waals surface area contributed by atoms with E-state index in [1.54, 1.807) is 12.0 Å². The smallest absolute Gasteiger partial charge is 0.238 e. The van der Waals surface area contributed by atoms with Gasteiger partial charge in [0, 0.05) is 18.7 Å². The molecule has 1 aliphatic rings. The van der Waals surface area contributed by atoms with Crippen LogP contribution in [-0.4, -0.2) is 40.8 Å². The second-order valence-electron chi connectivity index (χ2n) is 7.54. The van der Waals surface area contributed by atoms with Gasteiger partial charge in [-0.1, -0.05) is 60.3 Å². The minimum atomic E-state index is -0.544. The molecule has 0 radical (unpaired) electrons. The zero-order valence-electron chi connectivity index (χ0n) is 18.3. The van der Waals surface area contributed by atoms with E-state index < -0.39 is 5.25 Å². The Kier molecular flexibility index (Phi) is 7.42. The van der Waals surface area contributed by atoms with E-state index in [1.165, 1.54) is 11.8 Å². The summed E-state index contributed by atoms with van der Waals surface area (Å²) >= 11 is 1.33. The van der Waals surface area contributed by atoms with Crippen LogP contribution in [-0.2, 0) is 16.0 Å². The second kappa shape index (κ2) is 10.8. The van der Waals surface area contributed by atoms with Crippen molar-refractivity contribution in [2.75, 3.05) is 19.0 Å². The van der Waals surface area contributed by atoms with E-state index in [0.717, 1.165) is 17.0 Å². The molecule has 1 atom stereocenters. The Morgan fingerprint density at radius 1 is 1.03 bits per heavy atom. The zero-order chi connectivity index (χ0) is 23.0. The average Bonchev–Trinajstić information content (AvgIpc) is 2.85. The van der Waals surface area contributed by atoms with Crippen molar-refractivity contribution in [2.24, 2.45) is 4.99 Å². The molecule has 1 N–H and O–H groups in total. The van der Waals surface area contributed by atoms with Crippen LogP contribution in [0.4, 0.5) is 11.4 Å². The Balaban J connectivity index is 1.52. The molecule has 7 heteroatoms. The summed E-state index contributed by atoms with van der Waals surface area (Å²) in [7, 11) is 1.63. The van der Waals surface area contributed by atoms with Crippen molar-refractivity contribution in [2.45, 2.75) is 18.1 Å². The van der Waals surface area contributed by atoms with Crippen LogP contribution in [0.25, 0.3) is 0 Å². The van der Waals surface area contributed by atoms with Gasteiger partial charge in [0.25, 0.3) is 0 Å². The first kappa shape index (κ1) is 22.6. The van der Waals surface area contributed by atoms with Gasteiger partial charge in [-0.15, -0.1) is 0 Å². The summed E-state index contributed by atoms with van der Waals surface area (Å²) in [5, 5.41) is 2.90. The molecule has 4 rings (SSSR count). The number of nitrogens with zero attached hydrogens (tertiary/aromatic N) is 2. The number of nitrogens with one attached hydrogen (secondary N) is 1. The van der Waals surface area contributed by atoms with E-state index in [-0.39, 0.29) is 18.2 Å². The van der Waals surface area contributed by atoms with Crippen LogP contribution in [0, 0.1) is 0 Å². The van der Waals surface area contributed by atoms with Crippen LogP contribution < -0.4 is 10.1 Å². The Bertz CT molecular complexity index is 1120.